The van der Waals surface area contributed by atoms with Crippen LogP contribution in [-0.4, -0.2) is 41.9 Å². The van der Waals surface area contributed by atoms with Crippen molar-refractivity contribution in [2.75, 3.05) is 13.1 Å². The molecule has 0 amide bonds. The molecule has 2 heterocycles. The molecule has 0 saturated carbocycles. The van der Waals surface area contributed by atoms with Crippen LogP contribution in [0.15, 0.2) is 9.00 Å². The van der Waals surface area contributed by atoms with Crippen LogP contribution in [0.4, 0.5) is 0 Å². The van der Waals surface area contributed by atoms with E-state index in [9.17, 15) is 18.0 Å². The highest BCUT2D eigenvalue weighted by atomic mass is 32.2. The average Bonchev–Trinajstić information content (AvgIpc) is 2.68. The Kier molecular flexibility index (Phi) is 4.31. The molecule has 2 rings (SSSR count). The van der Waals surface area contributed by atoms with Gasteiger partial charge in [-0.1, -0.05) is 11.3 Å². The van der Waals surface area contributed by atoms with Gasteiger partial charge in [-0.05, 0) is 25.7 Å². The third-order valence-corrected chi connectivity index (χ3v) is 6.75. The van der Waals surface area contributed by atoms with Crippen molar-refractivity contribution in [1.29, 1.82) is 0 Å². The number of nitrogens with one attached hydrogen (secondary N) is 1. The zero-order valence-electron chi connectivity index (χ0n) is 11.0. The number of thiazole rings is 1. The van der Waals surface area contributed by atoms with Gasteiger partial charge in [-0.2, -0.15) is 4.31 Å². The van der Waals surface area contributed by atoms with Gasteiger partial charge in [-0.15, -0.1) is 0 Å². The summed E-state index contributed by atoms with van der Waals surface area (Å²) in [6.07, 6.45) is 1.31. The van der Waals surface area contributed by atoms with Gasteiger partial charge in [0, 0.05) is 25.2 Å². The number of aliphatic carboxylic acids is 1. The number of H-pyrrole nitrogens is 1. The number of hydrogen-bond donors (Lipinski definition) is 2. The van der Waals surface area contributed by atoms with Crippen molar-refractivity contribution in [3.05, 3.63) is 15.4 Å². The molecule has 1 unspecified atom stereocenters. The van der Waals surface area contributed by atoms with Crippen molar-refractivity contribution in [2.45, 2.75) is 30.4 Å². The van der Waals surface area contributed by atoms with Crippen molar-refractivity contribution in [3.8, 4) is 0 Å². The number of aromatic nitrogens is 1. The maximum atomic E-state index is 12.5. The lowest BCUT2D eigenvalue weighted by molar-refractivity contribution is -0.138. The molecule has 1 aromatic rings. The Balaban J connectivity index is 2.23. The number of hydrogen-bond acceptors (Lipinski definition) is 5. The van der Waals surface area contributed by atoms with Crippen molar-refractivity contribution in [1.82, 2.24) is 9.29 Å². The standard InChI is InChI=1S/C11H16N2O5S2/c1-7-10(19-11(16)12-7)20(17,18)13-4-2-3-8(6-13)5-9(14)15/h8H,2-6H2,1H3,(H,12,16)(H,14,15). The monoisotopic (exact) mass is 320 g/mol. The summed E-state index contributed by atoms with van der Waals surface area (Å²) < 4.78 is 26.3. The van der Waals surface area contributed by atoms with E-state index in [2.05, 4.69) is 4.98 Å². The molecule has 0 bridgehead atoms. The Labute approximate surface area is 120 Å². The molecule has 0 aliphatic carbocycles. The van der Waals surface area contributed by atoms with Crippen LogP contribution < -0.4 is 4.87 Å². The molecular weight excluding hydrogens is 304 g/mol. The average molecular weight is 320 g/mol. The van der Waals surface area contributed by atoms with Gasteiger partial charge in [0.1, 0.15) is 0 Å². The summed E-state index contributed by atoms with van der Waals surface area (Å²) in [6, 6.07) is 0. The Bertz CT molecular complexity index is 661. The Hall–Kier alpha value is -1.19. The van der Waals surface area contributed by atoms with E-state index in [0.717, 1.165) is 0 Å². The Morgan fingerprint density at radius 2 is 2.25 bits per heavy atom. The summed E-state index contributed by atoms with van der Waals surface area (Å²) in [5.74, 6) is -1.09. The maximum absolute atomic E-state index is 12.5. The highest BCUT2D eigenvalue weighted by molar-refractivity contribution is 7.91. The summed E-state index contributed by atoms with van der Waals surface area (Å²) >= 11 is 0.673. The van der Waals surface area contributed by atoms with Gasteiger partial charge in [0.15, 0.2) is 4.21 Å². The first-order chi connectivity index (χ1) is 9.30. The van der Waals surface area contributed by atoms with Crippen LogP contribution in [0.1, 0.15) is 25.0 Å². The molecule has 2 N–H and O–H groups in total. The Morgan fingerprint density at radius 3 is 2.80 bits per heavy atom. The molecule has 0 spiro atoms. The fourth-order valence-corrected chi connectivity index (χ4v) is 5.40. The summed E-state index contributed by atoms with van der Waals surface area (Å²) in [5.41, 5.74) is 0.334. The molecule has 112 valence electrons. The van der Waals surface area contributed by atoms with Gasteiger partial charge in [0.25, 0.3) is 10.0 Å². The molecule has 0 aromatic carbocycles. The van der Waals surface area contributed by atoms with E-state index in [4.69, 9.17) is 5.11 Å². The predicted octanol–water partition coefficient (Wildman–Crippen LogP) is 0.620. The number of aryl methyl sites for hydroxylation is 1. The first-order valence-electron chi connectivity index (χ1n) is 6.22. The smallest absolute Gasteiger partial charge is 0.305 e. The second-order valence-electron chi connectivity index (χ2n) is 4.90. The second kappa shape index (κ2) is 5.66. The number of sulfonamides is 1. The van der Waals surface area contributed by atoms with Crippen LogP contribution in [0, 0.1) is 12.8 Å². The van der Waals surface area contributed by atoms with Gasteiger partial charge >= 0.3 is 10.8 Å². The van der Waals surface area contributed by atoms with Gasteiger partial charge in [0.05, 0.1) is 0 Å². The topological polar surface area (TPSA) is 108 Å². The van der Waals surface area contributed by atoms with Crippen LogP contribution in [0.3, 0.4) is 0 Å². The van der Waals surface area contributed by atoms with E-state index < -0.39 is 20.9 Å². The van der Waals surface area contributed by atoms with Crippen molar-refractivity contribution in [3.63, 3.8) is 0 Å². The van der Waals surface area contributed by atoms with E-state index in [1.54, 1.807) is 6.92 Å². The first-order valence-corrected chi connectivity index (χ1v) is 8.48. The number of piperidine rings is 1. The second-order valence-corrected chi connectivity index (χ2v) is 8.01. The van der Waals surface area contributed by atoms with Crippen molar-refractivity contribution >= 4 is 27.3 Å². The lowest BCUT2D eigenvalue weighted by atomic mass is 9.96. The fraction of sp³-hybridized carbons (Fsp3) is 0.636. The number of rotatable bonds is 4. The molecule has 1 aromatic heterocycles. The van der Waals surface area contributed by atoms with Crippen LogP contribution >= 0.6 is 11.3 Å². The molecule has 0 radical (unpaired) electrons. The third kappa shape index (κ3) is 3.10. The minimum absolute atomic E-state index is 0.0264. The summed E-state index contributed by atoms with van der Waals surface area (Å²) in [5, 5.41) is 8.81. The van der Waals surface area contributed by atoms with E-state index in [0.29, 0.717) is 36.4 Å². The third-order valence-electron chi connectivity index (χ3n) is 3.30. The van der Waals surface area contributed by atoms with Gasteiger partial charge in [0.2, 0.25) is 0 Å². The number of carboxylic acids is 1. The molecule has 20 heavy (non-hydrogen) atoms. The van der Waals surface area contributed by atoms with Crippen LogP contribution in [0.2, 0.25) is 0 Å². The lowest BCUT2D eigenvalue weighted by Crippen LogP contribution is -2.40. The quantitative estimate of drug-likeness (QED) is 0.845. The maximum Gasteiger partial charge on any atom is 0.305 e. The number of carboxylic acid groups (broad SMARTS) is 1. The highest BCUT2D eigenvalue weighted by Gasteiger charge is 2.33. The molecule has 1 fully saturated rings. The van der Waals surface area contributed by atoms with E-state index in [1.165, 1.54) is 4.31 Å². The predicted molar refractivity (Wildman–Crippen MR) is 73.4 cm³/mol. The number of nitrogens with zero attached hydrogens (tertiary/aromatic N) is 1. The van der Waals surface area contributed by atoms with Crippen molar-refractivity contribution in [2.24, 2.45) is 5.92 Å². The van der Waals surface area contributed by atoms with Crippen molar-refractivity contribution < 1.29 is 18.3 Å². The van der Waals surface area contributed by atoms with Gasteiger partial charge in [-0.3, -0.25) is 9.59 Å². The highest BCUT2D eigenvalue weighted by Crippen LogP contribution is 2.27. The van der Waals surface area contributed by atoms with E-state index in [-0.39, 0.29) is 23.1 Å². The van der Waals surface area contributed by atoms with E-state index in [1.807, 2.05) is 0 Å². The minimum Gasteiger partial charge on any atom is -0.481 e. The lowest BCUT2D eigenvalue weighted by Gasteiger charge is -2.30. The van der Waals surface area contributed by atoms with E-state index >= 15 is 0 Å². The molecule has 1 aliphatic rings. The minimum atomic E-state index is -3.71. The number of carbonyl (C=O) groups is 1. The fourth-order valence-electron chi connectivity index (χ4n) is 2.41. The molecule has 9 heteroatoms. The van der Waals surface area contributed by atoms with Crippen LogP contribution in [-0.2, 0) is 14.8 Å². The van der Waals surface area contributed by atoms with Gasteiger partial charge in [-0.25, -0.2) is 8.42 Å². The molecule has 1 atom stereocenters. The number of aromatic amines is 1. The SMILES string of the molecule is Cc1[nH]c(=O)sc1S(=O)(=O)N1CCCC(CC(=O)O)C1. The van der Waals surface area contributed by atoms with Crippen LogP contribution in [0.5, 0.6) is 0 Å². The Morgan fingerprint density at radius 1 is 1.55 bits per heavy atom. The summed E-state index contributed by atoms with van der Waals surface area (Å²) in [7, 11) is -3.71. The zero-order valence-corrected chi connectivity index (χ0v) is 12.6. The van der Waals surface area contributed by atoms with Gasteiger partial charge < -0.3 is 10.1 Å². The molecule has 7 nitrogen and oxygen atoms in total. The zero-order chi connectivity index (χ0) is 14.9. The molecular formula is C11H16N2O5S2. The first kappa shape index (κ1) is 15.2. The normalized spacial score (nSPS) is 20.9. The molecule has 1 aliphatic heterocycles. The molecule has 1 saturated heterocycles. The largest absolute Gasteiger partial charge is 0.481 e. The van der Waals surface area contributed by atoms with Crippen LogP contribution in [0.25, 0.3) is 0 Å². The summed E-state index contributed by atoms with van der Waals surface area (Å²) in [4.78, 5) is 24.0. The summed E-state index contributed by atoms with van der Waals surface area (Å²) in [6.45, 7) is 2.10.